The molecule has 0 saturated heterocycles. The number of alkyl halides is 14. The van der Waals surface area contributed by atoms with Crippen molar-refractivity contribution in [3.8, 4) is 0 Å². The molecular formula is C11H10F14O. The predicted octanol–water partition coefficient (Wildman–Crippen LogP) is 5.84. The van der Waals surface area contributed by atoms with Crippen LogP contribution in [-0.2, 0) is 4.74 Å². The van der Waals surface area contributed by atoms with Crippen LogP contribution in [0.5, 0.6) is 0 Å². The third kappa shape index (κ3) is 3.81. The summed E-state index contributed by atoms with van der Waals surface area (Å²) >= 11 is 0. The van der Waals surface area contributed by atoms with Crippen LogP contribution in [0.1, 0.15) is 20.3 Å². The summed E-state index contributed by atoms with van der Waals surface area (Å²) in [6.07, 6.45) is -17.1. The van der Waals surface area contributed by atoms with Crippen LogP contribution in [0.15, 0.2) is 0 Å². The van der Waals surface area contributed by atoms with Crippen LogP contribution in [0.2, 0.25) is 0 Å². The van der Waals surface area contributed by atoms with Crippen molar-refractivity contribution >= 4 is 0 Å². The van der Waals surface area contributed by atoms with Crippen molar-refractivity contribution in [1.29, 1.82) is 0 Å². The maximum Gasteiger partial charge on any atom is 0.431 e. The first-order chi connectivity index (χ1) is 11.0. The van der Waals surface area contributed by atoms with E-state index in [1.165, 1.54) is 0 Å². The lowest BCUT2D eigenvalue weighted by atomic mass is 9.81. The minimum absolute atomic E-state index is 0.857. The van der Waals surface area contributed by atoms with Gasteiger partial charge in [0.15, 0.2) is 12.5 Å². The second kappa shape index (κ2) is 6.55. The highest BCUT2D eigenvalue weighted by Gasteiger charge is 2.81. The number of ether oxygens (including phenoxy) is 1. The molecule has 0 aromatic carbocycles. The van der Waals surface area contributed by atoms with Gasteiger partial charge in [-0.3, -0.25) is 4.74 Å². The third-order valence-electron chi connectivity index (χ3n) is 3.32. The molecule has 1 nitrogen and oxygen atoms in total. The molecule has 0 aliphatic carbocycles. The zero-order valence-electron chi connectivity index (χ0n) is 12.6. The van der Waals surface area contributed by atoms with Crippen LogP contribution in [0.25, 0.3) is 0 Å². The molecule has 0 radical (unpaired) electrons. The lowest BCUT2D eigenvalue weighted by molar-refractivity contribution is -0.405. The van der Waals surface area contributed by atoms with E-state index in [-0.39, 0.29) is 0 Å². The highest BCUT2D eigenvalue weighted by atomic mass is 19.4. The molecule has 26 heavy (non-hydrogen) atoms. The topological polar surface area (TPSA) is 9.23 Å². The van der Waals surface area contributed by atoms with Crippen molar-refractivity contribution in [2.75, 3.05) is 6.86 Å². The molecule has 0 saturated carbocycles. The molecule has 0 rings (SSSR count). The van der Waals surface area contributed by atoms with Gasteiger partial charge >= 0.3 is 30.1 Å². The van der Waals surface area contributed by atoms with Crippen molar-refractivity contribution in [2.45, 2.75) is 61.7 Å². The molecule has 15 heteroatoms. The second-order valence-electron chi connectivity index (χ2n) is 5.48. The van der Waals surface area contributed by atoms with Gasteiger partial charge in [0.25, 0.3) is 5.67 Å². The van der Waals surface area contributed by atoms with E-state index in [1.807, 2.05) is 0 Å². The molecule has 0 aliphatic heterocycles. The fourth-order valence-electron chi connectivity index (χ4n) is 1.72. The summed E-state index contributed by atoms with van der Waals surface area (Å²) in [7, 11) is 0. The normalized spacial score (nSPS) is 19.8. The maximum absolute atomic E-state index is 13.9. The highest BCUT2D eigenvalue weighted by molar-refractivity contribution is 5.10. The number of hydrogen-bond acceptors (Lipinski definition) is 1. The summed E-state index contributed by atoms with van der Waals surface area (Å²) < 4.78 is 184. The van der Waals surface area contributed by atoms with Crippen LogP contribution in [0.4, 0.5) is 61.5 Å². The fourth-order valence-corrected chi connectivity index (χ4v) is 1.72. The summed E-state index contributed by atoms with van der Waals surface area (Å²) in [6.45, 7) is -4.58. The van der Waals surface area contributed by atoms with Crippen molar-refractivity contribution in [1.82, 2.24) is 0 Å². The molecule has 2 atom stereocenters. The van der Waals surface area contributed by atoms with E-state index >= 15 is 0 Å². The third-order valence-corrected chi connectivity index (χ3v) is 3.32. The molecule has 0 spiro atoms. The Morgan fingerprint density at radius 2 is 1.04 bits per heavy atom. The van der Waals surface area contributed by atoms with Crippen molar-refractivity contribution in [2.24, 2.45) is 0 Å². The number of rotatable bonds is 8. The molecular weight excluding hydrogens is 414 g/mol. The molecule has 0 aliphatic rings. The quantitative estimate of drug-likeness (QED) is 0.445. The van der Waals surface area contributed by atoms with Crippen molar-refractivity contribution in [3.05, 3.63) is 0 Å². The van der Waals surface area contributed by atoms with E-state index in [1.54, 1.807) is 0 Å². The highest BCUT2D eigenvalue weighted by Crippen LogP contribution is 2.58. The lowest BCUT2D eigenvalue weighted by Crippen LogP contribution is -2.66. The van der Waals surface area contributed by atoms with Gasteiger partial charge in [0, 0.05) is 13.3 Å². The van der Waals surface area contributed by atoms with E-state index < -0.39 is 68.5 Å². The molecule has 0 bridgehead atoms. The van der Waals surface area contributed by atoms with Crippen molar-refractivity contribution < 1.29 is 66.2 Å². The summed E-state index contributed by atoms with van der Waals surface area (Å²) in [5, 5.41) is 0. The minimum Gasteiger partial charge on any atom is -0.286 e. The van der Waals surface area contributed by atoms with Gasteiger partial charge in [-0.1, -0.05) is 0 Å². The van der Waals surface area contributed by atoms with E-state index in [0.717, 1.165) is 0 Å². The first-order valence-corrected chi connectivity index (χ1v) is 6.17. The van der Waals surface area contributed by atoms with Gasteiger partial charge in [-0.05, 0) is 6.92 Å². The second-order valence-corrected chi connectivity index (χ2v) is 5.48. The SMILES string of the molecule is CC(F)(F)C(F)(F)C(F)(F)C(C)(F)CC(F)(C(F)(F)F)C(F)(F)OCF. The standard InChI is InChI=1S/C11H10F14O/c1-5(13,8(17,18)9(19,20)6(2,14)15)3-7(16,10(21,22)23)11(24,25)26-4-12/h3-4H2,1-2H3. The van der Waals surface area contributed by atoms with E-state index in [9.17, 15) is 61.5 Å². The Morgan fingerprint density at radius 1 is 0.654 bits per heavy atom. The van der Waals surface area contributed by atoms with E-state index in [0.29, 0.717) is 0 Å². The first kappa shape index (κ1) is 25.0. The molecule has 0 heterocycles. The average molecular weight is 424 g/mol. The molecule has 158 valence electrons. The van der Waals surface area contributed by atoms with Gasteiger partial charge < -0.3 is 0 Å². The van der Waals surface area contributed by atoms with Crippen LogP contribution in [0.3, 0.4) is 0 Å². The smallest absolute Gasteiger partial charge is 0.286 e. The Morgan fingerprint density at radius 3 is 1.31 bits per heavy atom. The molecule has 0 aromatic heterocycles. The van der Waals surface area contributed by atoms with Gasteiger partial charge in [0.05, 0.1) is 0 Å². The zero-order chi connectivity index (χ0) is 21.6. The molecule has 0 fully saturated rings. The molecule has 0 amide bonds. The first-order valence-electron chi connectivity index (χ1n) is 6.17. The van der Waals surface area contributed by atoms with Gasteiger partial charge in [-0.25, -0.2) is 13.2 Å². The monoisotopic (exact) mass is 424 g/mol. The Hall–Kier alpha value is -1.02. The van der Waals surface area contributed by atoms with Crippen LogP contribution < -0.4 is 0 Å². The summed E-state index contributed by atoms with van der Waals surface area (Å²) in [5.74, 6) is -19.2. The molecule has 0 aromatic rings. The molecule has 2 unspecified atom stereocenters. The lowest BCUT2D eigenvalue weighted by Gasteiger charge is -2.42. The summed E-state index contributed by atoms with van der Waals surface area (Å²) in [5.41, 5.74) is -12.1. The Balaban J connectivity index is 6.29. The molecule has 0 N–H and O–H groups in total. The van der Waals surface area contributed by atoms with Crippen LogP contribution in [-0.4, -0.2) is 48.3 Å². The van der Waals surface area contributed by atoms with Gasteiger partial charge in [-0.15, -0.1) is 0 Å². The van der Waals surface area contributed by atoms with Gasteiger partial charge in [-0.2, -0.15) is 48.3 Å². The number of hydrogen-bond donors (Lipinski definition) is 0. The Kier molecular flexibility index (Phi) is 6.29. The van der Waals surface area contributed by atoms with E-state index in [2.05, 4.69) is 4.74 Å². The van der Waals surface area contributed by atoms with E-state index in [4.69, 9.17) is 0 Å². The predicted molar refractivity (Wildman–Crippen MR) is 56.5 cm³/mol. The van der Waals surface area contributed by atoms with Crippen molar-refractivity contribution in [3.63, 3.8) is 0 Å². The largest absolute Gasteiger partial charge is 0.431 e. The maximum atomic E-state index is 13.9. The Labute approximate surface area is 136 Å². The minimum atomic E-state index is -6.95. The van der Waals surface area contributed by atoms with Crippen LogP contribution in [0, 0.1) is 0 Å². The van der Waals surface area contributed by atoms with Gasteiger partial charge in [0.2, 0.25) is 0 Å². The number of halogens is 14. The Bertz CT molecular complexity index is 490. The zero-order valence-corrected chi connectivity index (χ0v) is 12.6. The van der Waals surface area contributed by atoms with Gasteiger partial charge in [0.1, 0.15) is 0 Å². The van der Waals surface area contributed by atoms with Crippen LogP contribution >= 0.6 is 0 Å². The average Bonchev–Trinajstić information content (AvgIpc) is 2.34. The summed E-state index contributed by atoms with van der Waals surface area (Å²) in [6, 6.07) is 0. The fraction of sp³-hybridized carbons (Fsp3) is 1.00. The summed E-state index contributed by atoms with van der Waals surface area (Å²) in [4.78, 5) is 0.